The van der Waals surface area contributed by atoms with E-state index in [-0.39, 0.29) is 5.97 Å². The van der Waals surface area contributed by atoms with E-state index in [1.54, 1.807) is 14.0 Å². The standard InChI is InChI=1S/C12H19N3O3S/c1-4-17-10(16)12(13-3,9-5-6-9)7-19-11-15-14-8(2)18-11/h9,13H,4-7H2,1-3H3. The quantitative estimate of drug-likeness (QED) is 0.599. The van der Waals surface area contributed by atoms with Gasteiger partial charge in [-0.1, -0.05) is 11.8 Å². The van der Waals surface area contributed by atoms with Gasteiger partial charge in [-0.3, -0.25) is 4.79 Å². The van der Waals surface area contributed by atoms with Crippen LogP contribution in [0.1, 0.15) is 25.7 Å². The van der Waals surface area contributed by atoms with Gasteiger partial charge in [0.25, 0.3) is 5.22 Å². The number of hydrogen-bond acceptors (Lipinski definition) is 7. The van der Waals surface area contributed by atoms with E-state index in [4.69, 9.17) is 9.15 Å². The number of aromatic nitrogens is 2. The molecule has 0 aliphatic heterocycles. The maximum absolute atomic E-state index is 12.2. The number of nitrogens with one attached hydrogen (secondary N) is 1. The van der Waals surface area contributed by atoms with Crippen LogP contribution in [0, 0.1) is 12.8 Å². The first-order valence-corrected chi connectivity index (χ1v) is 7.40. The van der Waals surface area contributed by atoms with Gasteiger partial charge in [0.15, 0.2) is 0 Å². The van der Waals surface area contributed by atoms with Crippen molar-refractivity contribution in [3.8, 4) is 0 Å². The smallest absolute Gasteiger partial charge is 0.327 e. The van der Waals surface area contributed by atoms with Crippen LogP contribution < -0.4 is 5.32 Å². The molecule has 1 aromatic heterocycles. The van der Waals surface area contributed by atoms with Crippen LogP contribution in [0.4, 0.5) is 0 Å². The fraction of sp³-hybridized carbons (Fsp3) is 0.750. The van der Waals surface area contributed by atoms with Crippen LogP contribution >= 0.6 is 11.8 Å². The molecule has 1 N–H and O–H groups in total. The second-order valence-electron chi connectivity index (χ2n) is 4.59. The Balaban J connectivity index is 2.07. The molecule has 0 saturated heterocycles. The minimum atomic E-state index is -0.650. The van der Waals surface area contributed by atoms with E-state index in [1.807, 2.05) is 6.92 Å². The molecule has 1 aliphatic carbocycles. The minimum absolute atomic E-state index is 0.191. The van der Waals surface area contributed by atoms with Gasteiger partial charge in [0.1, 0.15) is 5.54 Å². The number of esters is 1. The zero-order chi connectivity index (χ0) is 13.9. The van der Waals surface area contributed by atoms with Crippen molar-refractivity contribution in [1.29, 1.82) is 0 Å². The molecule has 0 spiro atoms. The molecule has 1 unspecified atom stereocenters. The highest BCUT2D eigenvalue weighted by molar-refractivity contribution is 7.99. The molecule has 1 aromatic rings. The van der Waals surface area contributed by atoms with Crippen molar-refractivity contribution in [2.75, 3.05) is 19.4 Å². The predicted octanol–water partition coefficient (Wildman–Crippen LogP) is 1.40. The zero-order valence-electron chi connectivity index (χ0n) is 11.4. The Morgan fingerprint density at radius 3 is 2.79 bits per heavy atom. The molecule has 2 rings (SSSR count). The topological polar surface area (TPSA) is 77.2 Å². The third-order valence-electron chi connectivity index (χ3n) is 3.29. The number of nitrogens with zero attached hydrogens (tertiary/aromatic N) is 2. The van der Waals surface area contributed by atoms with Gasteiger partial charge >= 0.3 is 5.97 Å². The van der Waals surface area contributed by atoms with Crippen LogP contribution in [0.15, 0.2) is 9.64 Å². The number of hydrogen-bond donors (Lipinski definition) is 1. The lowest BCUT2D eigenvalue weighted by molar-refractivity contribution is -0.150. The highest BCUT2D eigenvalue weighted by Crippen LogP contribution is 2.42. The molecule has 6 nitrogen and oxygen atoms in total. The van der Waals surface area contributed by atoms with Crippen molar-refractivity contribution in [2.24, 2.45) is 5.92 Å². The molecule has 1 heterocycles. The van der Waals surface area contributed by atoms with Gasteiger partial charge in [-0.05, 0) is 32.7 Å². The van der Waals surface area contributed by atoms with Gasteiger partial charge < -0.3 is 14.5 Å². The van der Waals surface area contributed by atoms with E-state index >= 15 is 0 Å². The number of likely N-dealkylation sites (N-methyl/N-ethyl adjacent to an activating group) is 1. The van der Waals surface area contributed by atoms with Crippen LogP contribution in [0.2, 0.25) is 0 Å². The zero-order valence-corrected chi connectivity index (χ0v) is 12.2. The second-order valence-corrected chi connectivity index (χ2v) is 5.52. The number of aryl methyl sites for hydroxylation is 1. The average molecular weight is 285 g/mol. The Labute approximate surface area is 116 Å². The van der Waals surface area contributed by atoms with E-state index in [0.717, 1.165) is 12.8 Å². The maximum atomic E-state index is 12.2. The van der Waals surface area contributed by atoms with Gasteiger partial charge in [0.2, 0.25) is 5.89 Å². The first kappa shape index (κ1) is 14.3. The van der Waals surface area contributed by atoms with Crippen LogP contribution in [-0.4, -0.2) is 41.1 Å². The fourth-order valence-electron chi connectivity index (χ4n) is 2.07. The maximum Gasteiger partial charge on any atom is 0.327 e. The van der Waals surface area contributed by atoms with Crippen LogP contribution in [0.3, 0.4) is 0 Å². The van der Waals surface area contributed by atoms with Crippen LogP contribution in [-0.2, 0) is 9.53 Å². The Bertz CT molecular complexity index is 447. The molecule has 19 heavy (non-hydrogen) atoms. The van der Waals surface area contributed by atoms with E-state index in [9.17, 15) is 4.79 Å². The van der Waals surface area contributed by atoms with E-state index in [0.29, 0.717) is 29.4 Å². The Hall–Kier alpha value is -1.08. The lowest BCUT2D eigenvalue weighted by atomic mass is 9.96. The molecule has 1 saturated carbocycles. The summed E-state index contributed by atoms with van der Waals surface area (Å²) in [6, 6.07) is 0. The number of rotatable bonds is 7. The minimum Gasteiger partial charge on any atom is -0.465 e. The molecule has 106 valence electrons. The van der Waals surface area contributed by atoms with Crippen molar-refractivity contribution >= 4 is 17.7 Å². The Kier molecular flexibility index (Phi) is 4.46. The summed E-state index contributed by atoms with van der Waals surface area (Å²) in [6.45, 7) is 3.95. The highest BCUT2D eigenvalue weighted by atomic mass is 32.2. The van der Waals surface area contributed by atoms with Gasteiger partial charge in [-0.2, -0.15) is 0 Å². The third kappa shape index (κ3) is 3.09. The largest absolute Gasteiger partial charge is 0.465 e. The summed E-state index contributed by atoms with van der Waals surface area (Å²) in [5.41, 5.74) is -0.650. The van der Waals surface area contributed by atoms with Crippen LogP contribution in [0.25, 0.3) is 0 Å². The molecule has 0 bridgehead atoms. The second kappa shape index (κ2) is 5.92. The summed E-state index contributed by atoms with van der Waals surface area (Å²) in [4.78, 5) is 12.2. The van der Waals surface area contributed by atoms with E-state index in [1.165, 1.54) is 11.8 Å². The van der Waals surface area contributed by atoms with Crippen molar-refractivity contribution in [1.82, 2.24) is 15.5 Å². The number of carbonyl (C=O) groups excluding carboxylic acids is 1. The molecule has 7 heteroatoms. The Morgan fingerprint density at radius 2 is 2.32 bits per heavy atom. The number of carbonyl (C=O) groups is 1. The van der Waals surface area contributed by atoms with E-state index < -0.39 is 5.54 Å². The lowest BCUT2D eigenvalue weighted by Crippen LogP contribution is -2.55. The fourth-order valence-corrected chi connectivity index (χ4v) is 3.20. The molecule has 1 atom stereocenters. The van der Waals surface area contributed by atoms with Crippen molar-refractivity contribution in [3.63, 3.8) is 0 Å². The molecular formula is C12H19N3O3S. The molecule has 0 amide bonds. The summed E-state index contributed by atoms with van der Waals surface area (Å²) >= 11 is 1.39. The van der Waals surface area contributed by atoms with E-state index in [2.05, 4.69) is 15.5 Å². The first-order valence-electron chi connectivity index (χ1n) is 6.41. The Morgan fingerprint density at radius 1 is 1.58 bits per heavy atom. The summed E-state index contributed by atoms with van der Waals surface area (Å²) < 4.78 is 10.5. The number of ether oxygens (including phenoxy) is 1. The monoisotopic (exact) mass is 285 g/mol. The summed E-state index contributed by atoms with van der Waals surface area (Å²) in [5, 5.41) is 11.4. The van der Waals surface area contributed by atoms with Gasteiger partial charge in [-0.25, -0.2) is 0 Å². The van der Waals surface area contributed by atoms with Gasteiger partial charge in [-0.15, -0.1) is 10.2 Å². The lowest BCUT2D eigenvalue weighted by Gasteiger charge is -2.30. The normalized spacial score (nSPS) is 18.1. The molecular weight excluding hydrogens is 266 g/mol. The highest BCUT2D eigenvalue weighted by Gasteiger charge is 2.51. The van der Waals surface area contributed by atoms with Gasteiger partial charge in [0, 0.05) is 12.7 Å². The van der Waals surface area contributed by atoms with Crippen molar-refractivity contribution < 1.29 is 13.9 Å². The number of thioether (sulfide) groups is 1. The summed E-state index contributed by atoms with van der Waals surface area (Å²) in [5.74, 6) is 1.20. The van der Waals surface area contributed by atoms with Gasteiger partial charge in [0.05, 0.1) is 6.61 Å². The first-order chi connectivity index (χ1) is 9.12. The molecule has 1 aliphatic rings. The molecule has 0 aromatic carbocycles. The summed E-state index contributed by atoms with van der Waals surface area (Å²) in [7, 11) is 1.80. The van der Waals surface area contributed by atoms with Crippen molar-refractivity contribution in [3.05, 3.63) is 5.89 Å². The predicted molar refractivity (Wildman–Crippen MR) is 70.9 cm³/mol. The third-order valence-corrected chi connectivity index (χ3v) is 4.30. The average Bonchev–Trinajstić information content (AvgIpc) is 3.15. The summed E-state index contributed by atoms with van der Waals surface area (Å²) in [6.07, 6.45) is 2.09. The SMILES string of the molecule is CCOC(=O)C(CSc1nnc(C)o1)(NC)C1CC1. The molecule has 1 fully saturated rings. The van der Waals surface area contributed by atoms with Crippen molar-refractivity contribution in [2.45, 2.75) is 37.5 Å². The molecule has 0 radical (unpaired) electrons. The van der Waals surface area contributed by atoms with Crippen LogP contribution in [0.5, 0.6) is 0 Å².